The van der Waals surface area contributed by atoms with Crippen LogP contribution in [-0.2, 0) is 4.79 Å². The van der Waals surface area contributed by atoms with E-state index in [4.69, 9.17) is 11.6 Å². The van der Waals surface area contributed by atoms with Crippen molar-refractivity contribution < 1.29 is 4.79 Å². The van der Waals surface area contributed by atoms with Crippen molar-refractivity contribution >= 4 is 17.9 Å². The highest BCUT2D eigenvalue weighted by Gasteiger charge is 2.05. The summed E-state index contributed by atoms with van der Waals surface area (Å²) in [5, 5.41) is -0.306. The zero-order valence-electron chi connectivity index (χ0n) is 4.52. The third kappa shape index (κ3) is 2.63. The second-order valence-corrected chi connectivity index (χ2v) is 2.33. The molecule has 1 unspecified atom stereocenters. The summed E-state index contributed by atoms with van der Waals surface area (Å²) in [6.45, 7) is 3.82. The van der Waals surface area contributed by atoms with Crippen LogP contribution in [0, 0.1) is 5.92 Å². The van der Waals surface area contributed by atoms with Crippen LogP contribution in [0.25, 0.3) is 0 Å². The first-order valence-electron chi connectivity index (χ1n) is 2.28. The van der Waals surface area contributed by atoms with E-state index in [1.54, 1.807) is 0 Å². The first kappa shape index (κ1) is 6.96. The van der Waals surface area contributed by atoms with Crippen LogP contribution >= 0.6 is 11.6 Å². The molecule has 0 rings (SSSR count). The van der Waals surface area contributed by atoms with Crippen molar-refractivity contribution in [2.45, 2.75) is 19.2 Å². The minimum Gasteiger partial charge on any atom is -0.302 e. The van der Waals surface area contributed by atoms with E-state index >= 15 is 0 Å². The Balaban J connectivity index is 3.33. The van der Waals surface area contributed by atoms with E-state index in [-0.39, 0.29) is 11.3 Å². The molecule has 1 nitrogen and oxygen atoms in total. The van der Waals surface area contributed by atoms with E-state index in [1.165, 1.54) is 0 Å². The zero-order chi connectivity index (χ0) is 5.86. The molecule has 0 amide bonds. The molecule has 2 heteroatoms. The Hall–Kier alpha value is -0.0400. The van der Waals surface area contributed by atoms with Crippen molar-refractivity contribution in [1.29, 1.82) is 0 Å². The SMILES string of the molecule is CC(C)C(Cl)C=O. The Morgan fingerprint density at radius 3 is 2.00 bits per heavy atom. The van der Waals surface area contributed by atoms with Crippen LogP contribution in [0.1, 0.15) is 13.8 Å². The molecule has 42 valence electrons. The first-order valence-corrected chi connectivity index (χ1v) is 2.71. The van der Waals surface area contributed by atoms with Gasteiger partial charge in [-0.25, -0.2) is 0 Å². The number of aldehydes is 1. The number of carbonyl (C=O) groups excluding carboxylic acids is 1. The van der Waals surface area contributed by atoms with E-state index in [0.29, 0.717) is 0 Å². The highest BCUT2D eigenvalue weighted by molar-refractivity contribution is 6.27. The van der Waals surface area contributed by atoms with Gasteiger partial charge in [0.1, 0.15) is 6.29 Å². The Labute approximate surface area is 48.7 Å². The number of rotatable bonds is 2. The van der Waals surface area contributed by atoms with Crippen molar-refractivity contribution in [3.63, 3.8) is 0 Å². The molecule has 0 spiro atoms. The Morgan fingerprint density at radius 1 is 1.57 bits per heavy atom. The normalized spacial score (nSPS) is 14.3. The van der Waals surface area contributed by atoms with E-state index in [0.717, 1.165) is 6.29 Å². The monoisotopic (exact) mass is 120 g/mol. The number of halogens is 1. The highest BCUT2D eigenvalue weighted by atomic mass is 35.5. The van der Waals surface area contributed by atoms with Gasteiger partial charge in [-0.15, -0.1) is 11.6 Å². The van der Waals surface area contributed by atoms with Crippen LogP contribution in [0.5, 0.6) is 0 Å². The smallest absolute Gasteiger partial charge is 0.138 e. The molecule has 0 heterocycles. The lowest BCUT2D eigenvalue weighted by Crippen LogP contribution is -2.07. The van der Waals surface area contributed by atoms with Gasteiger partial charge in [0, 0.05) is 0 Å². The summed E-state index contributed by atoms with van der Waals surface area (Å²) in [4.78, 5) is 9.81. The maximum atomic E-state index is 9.81. The lowest BCUT2D eigenvalue weighted by molar-refractivity contribution is -0.108. The largest absolute Gasteiger partial charge is 0.302 e. The molecular formula is C5H9ClO. The Kier molecular flexibility index (Phi) is 3.01. The number of hydrogen-bond acceptors (Lipinski definition) is 1. The summed E-state index contributed by atoms with van der Waals surface area (Å²) >= 11 is 5.43. The summed E-state index contributed by atoms with van der Waals surface area (Å²) < 4.78 is 0. The predicted octanol–water partition coefficient (Wildman–Crippen LogP) is 1.45. The number of carbonyl (C=O) groups is 1. The van der Waals surface area contributed by atoms with Gasteiger partial charge in [-0.1, -0.05) is 13.8 Å². The van der Waals surface area contributed by atoms with E-state index < -0.39 is 0 Å². The molecule has 7 heavy (non-hydrogen) atoms. The molecule has 0 aromatic carbocycles. The Morgan fingerprint density at radius 2 is 2.00 bits per heavy atom. The van der Waals surface area contributed by atoms with Gasteiger partial charge in [-0.2, -0.15) is 0 Å². The average Bonchev–Trinajstić information content (AvgIpc) is 1.65. The summed E-state index contributed by atoms with van der Waals surface area (Å²) in [6, 6.07) is 0. The minimum absolute atomic E-state index is 0.263. The topological polar surface area (TPSA) is 17.1 Å². The fraction of sp³-hybridized carbons (Fsp3) is 0.800. The molecular weight excluding hydrogens is 112 g/mol. The summed E-state index contributed by atoms with van der Waals surface area (Å²) in [7, 11) is 0. The zero-order valence-corrected chi connectivity index (χ0v) is 5.27. The summed E-state index contributed by atoms with van der Waals surface area (Å²) in [6.07, 6.45) is 0.756. The van der Waals surface area contributed by atoms with Gasteiger partial charge in [0.05, 0.1) is 5.38 Å². The van der Waals surface area contributed by atoms with Crippen molar-refractivity contribution in [2.75, 3.05) is 0 Å². The van der Waals surface area contributed by atoms with Crippen molar-refractivity contribution in [3.8, 4) is 0 Å². The minimum atomic E-state index is -0.306. The number of hydrogen-bond donors (Lipinski definition) is 0. The molecule has 0 bridgehead atoms. The quantitative estimate of drug-likeness (QED) is 0.398. The lowest BCUT2D eigenvalue weighted by atomic mass is 10.1. The maximum Gasteiger partial charge on any atom is 0.138 e. The lowest BCUT2D eigenvalue weighted by Gasteiger charge is -2.01. The van der Waals surface area contributed by atoms with Gasteiger partial charge >= 0.3 is 0 Å². The van der Waals surface area contributed by atoms with Crippen LogP contribution in [0.2, 0.25) is 0 Å². The molecule has 0 aromatic heterocycles. The highest BCUT2D eigenvalue weighted by Crippen LogP contribution is 2.04. The van der Waals surface area contributed by atoms with Gasteiger partial charge in [0.2, 0.25) is 0 Å². The van der Waals surface area contributed by atoms with Crippen molar-refractivity contribution in [2.24, 2.45) is 5.92 Å². The molecule has 0 N–H and O–H groups in total. The molecule has 0 radical (unpaired) electrons. The predicted molar refractivity (Wildman–Crippen MR) is 30.5 cm³/mol. The maximum absolute atomic E-state index is 9.81. The van der Waals surface area contributed by atoms with Gasteiger partial charge in [0.25, 0.3) is 0 Å². The summed E-state index contributed by atoms with van der Waals surface area (Å²) in [5.41, 5.74) is 0. The van der Waals surface area contributed by atoms with Crippen molar-refractivity contribution in [3.05, 3.63) is 0 Å². The molecule has 1 atom stereocenters. The van der Waals surface area contributed by atoms with Crippen LogP contribution < -0.4 is 0 Å². The molecule has 0 aliphatic heterocycles. The second kappa shape index (κ2) is 3.03. The molecule has 0 saturated heterocycles. The van der Waals surface area contributed by atoms with Gasteiger partial charge < -0.3 is 4.79 Å². The van der Waals surface area contributed by atoms with Gasteiger partial charge in [0.15, 0.2) is 0 Å². The summed E-state index contributed by atoms with van der Waals surface area (Å²) in [5.74, 6) is 0.263. The van der Waals surface area contributed by atoms with Crippen LogP contribution in [-0.4, -0.2) is 11.7 Å². The standard InChI is InChI=1S/C5H9ClO/c1-4(2)5(6)3-7/h3-5H,1-2H3. The molecule has 0 aliphatic carbocycles. The van der Waals surface area contributed by atoms with Gasteiger partial charge in [-0.3, -0.25) is 0 Å². The van der Waals surface area contributed by atoms with E-state index in [2.05, 4.69) is 0 Å². The van der Waals surface area contributed by atoms with E-state index in [1.807, 2.05) is 13.8 Å². The second-order valence-electron chi connectivity index (χ2n) is 1.82. The average molecular weight is 121 g/mol. The van der Waals surface area contributed by atoms with Crippen molar-refractivity contribution in [1.82, 2.24) is 0 Å². The molecule has 0 saturated carbocycles. The molecule has 0 aromatic rings. The van der Waals surface area contributed by atoms with Gasteiger partial charge in [-0.05, 0) is 5.92 Å². The molecule has 0 fully saturated rings. The first-order chi connectivity index (χ1) is 3.18. The van der Waals surface area contributed by atoms with Crippen LogP contribution in [0.4, 0.5) is 0 Å². The fourth-order valence-electron chi connectivity index (χ4n) is 0.157. The van der Waals surface area contributed by atoms with Crippen LogP contribution in [0.15, 0.2) is 0 Å². The van der Waals surface area contributed by atoms with E-state index in [9.17, 15) is 4.79 Å². The Bertz CT molecular complexity index is 61.1. The third-order valence-corrected chi connectivity index (χ3v) is 1.37. The van der Waals surface area contributed by atoms with Crippen LogP contribution in [0.3, 0.4) is 0 Å². The number of alkyl halides is 1. The molecule has 0 aliphatic rings. The fourth-order valence-corrected chi connectivity index (χ4v) is 0.157. The third-order valence-electron chi connectivity index (χ3n) is 0.767.